The van der Waals surface area contributed by atoms with Crippen molar-refractivity contribution >= 4 is 11.8 Å². The van der Waals surface area contributed by atoms with E-state index in [0.29, 0.717) is 45.3 Å². The molecule has 2 aliphatic heterocycles. The second-order valence-corrected chi connectivity index (χ2v) is 6.85. The van der Waals surface area contributed by atoms with Crippen LogP contribution in [0.5, 0.6) is 0 Å². The van der Waals surface area contributed by atoms with Crippen molar-refractivity contribution in [2.75, 3.05) is 26.2 Å². The summed E-state index contributed by atoms with van der Waals surface area (Å²) in [5, 5.41) is 14.1. The van der Waals surface area contributed by atoms with E-state index in [1.54, 1.807) is 4.90 Å². The fraction of sp³-hybridized carbons (Fsp3) is 0.706. The Kier molecular flexibility index (Phi) is 5.18. The summed E-state index contributed by atoms with van der Waals surface area (Å²) in [6, 6.07) is 1.87. The molecular weight excluding hydrogens is 310 g/mol. The van der Waals surface area contributed by atoms with Crippen LogP contribution in [0.4, 0.5) is 0 Å². The van der Waals surface area contributed by atoms with E-state index in [-0.39, 0.29) is 17.7 Å². The van der Waals surface area contributed by atoms with E-state index in [0.717, 1.165) is 24.4 Å². The third kappa shape index (κ3) is 3.95. The zero-order valence-electron chi connectivity index (χ0n) is 14.1. The number of aryl methyl sites for hydroxylation is 1. The molecule has 7 heteroatoms. The topological polar surface area (TPSA) is 86.9 Å². The SMILES string of the molecule is Cc1cc(C[C@@H]2CN(C(=O)CCCN3CCCC3=O)C[C@@H]2O)on1. The van der Waals surface area contributed by atoms with Gasteiger partial charge in [-0.2, -0.15) is 0 Å². The third-order valence-electron chi connectivity index (χ3n) is 4.89. The Morgan fingerprint density at radius 3 is 2.96 bits per heavy atom. The number of carbonyl (C=O) groups is 2. The minimum atomic E-state index is -0.528. The Bertz CT molecular complexity index is 600. The summed E-state index contributed by atoms with van der Waals surface area (Å²) in [6.45, 7) is 4.25. The van der Waals surface area contributed by atoms with Crippen LogP contribution in [-0.2, 0) is 16.0 Å². The molecule has 0 unspecified atom stereocenters. The summed E-state index contributed by atoms with van der Waals surface area (Å²) in [5.74, 6) is 0.984. The number of aliphatic hydroxyl groups excluding tert-OH is 1. The van der Waals surface area contributed by atoms with Gasteiger partial charge in [0.15, 0.2) is 0 Å². The summed E-state index contributed by atoms with van der Waals surface area (Å²) in [6.07, 6.45) is 2.73. The fourth-order valence-corrected chi connectivity index (χ4v) is 3.55. The van der Waals surface area contributed by atoms with Crippen molar-refractivity contribution in [2.45, 2.75) is 45.1 Å². The number of hydrogen-bond acceptors (Lipinski definition) is 5. The molecule has 24 heavy (non-hydrogen) atoms. The van der Waals surface area contributed by atoms with Crippen LogP contribution in [0.15, 0.2) is 10.6 Å². The zero-order chi connectivity index (χ0) is 17.1. The molecule has 1 N–H and O–H groups in total. The number of nitrogens with zero attached hydrogens (tertiary/aromatic N) is 3. The second-order valence-electron chi connectivity index (χ2n) is 6.85. The Labute approximate surface area is 141 Å². The van der Waals surface area contributed by atoms with Crippen LogP contribution in [-0.4, -0.2) is 64.2 Å². The van der Waals surface area contributed by atoms with Crippen molar-refractivity contribution in [3.8, 4) is 0 Å². The van der Waals surface area contributed by atoms with E-state index in [2.05, 4.69) is 5.16 Å². The van der Waals surface area contributed by atoms with E-state index in [1.807, 2.05) is 17.9 Å². The van der Waals surface area contributed by atoms with Crippen LogP contribution in [0.2, 0.25) is 0 Å². The number of amides is 2. The van der Waals surface area contributed by atoms with Gasteiger partial charge < -0.3 is 19.4 Å². The molecule has 7 nitrogen and oxygen atoms in total. The van der Waals surface area contributed by atoms with Crippen molar-refractivity contribution in [2.24, 2.45) is 5.92 Å². The average molecular weight is 335 g/mol. The van der Waals surface area contributed by atoms with Crippen molar-refractivity contribution in [1.82, 2.24) is 15.0 Å². The Balaban J connectivity index is 1.43. The molecule has 1 aromatic heterocycles. The van der Waals surface area contributed by atoms with Gasteiger partial charge in [0.25, 0.3) is 0 Å². The maximum atomic E-state index is 12.3. The molecular formula is C17H25N3O4. The standard InChI is InChI=1S/C17H25N3O4/c1-12-8-14(24-18-12)9-13-10-20(11-15(13)21)17(23)5-3-7-19-6-2-4-16(19)22/h8,13,15,21H,2-7,9-11H2,1H3/t13-,15+/m1/s1. The van der Waals surface area contributed by atoms with E-state index >= 15 is 0 Å². The maximum Gasteiger partial charge on any atom is 0.222 e. The highest BCUT2D eigenvalue weighted by Crippen LogP contribution is 2.23. The molecule has 3 heterocycles. The van der Waals surface area contributed by atoms with Crippen molar-refractivity contribution in [1.29, 1.82) is 0 Å². The van der Waals surface area contributed by atoms with Crippen LogP contribution >= 0.6 is 0 Å². The van der Waals surface area contributed by atoms with Crippen LogP contribution < -0.4 is 0 Å². The highest BCUT2D eigenvalue weighted by atomic mass is 16.5. The fourth-order valence-electron chi connectivity index (χ4n) is 3.55. The predicted octanol–water partition coefficient (Wildman–Crippen LogP) is 0.747. The number of carbonyl (C=O) groups excluding carboxylic acids is 2. The van der Waals surface area contributed by atoms with Crippen LogP contribution in [0.1, 0.15) is 37.1 Å². The van der Waals surface area contributed by atoms with E-state index in [9.17, 15) is 14.7 Å². The quantitative estimate of drug-likeness (QED) is 0.829. The Hall–Kier alpha value is -1.89. The summed E-state index contributed by atoms with van der Waals surface area (Å²) in [4.78, 5) is 27.4. The molecule has 0 bridgehead atoms. The predicted molar refractivity (Wildman–Crippen MR) is 86.1 cm³/mol. The minimum absolute atomic E-state index is 0.0125. The van der Waals surface area contributed by atoms with Gasteiger partial charge in [0.2, 0.25) is 11.8 Å². The van der Waals surface area contributed by atoms with Crippen LogP contribution in [0.25, 0.3) is 0 Å². The first-order valence-electron chi connectivity index (χ1n) is 8.68. The number of β-amino-alcohol motifs (C(OH)–C–C–N with tert-alkyl or cyclic N) is 1. The van der Waals surface area contributed by atoms with Gasteiger partial charge in [0, 0.05) is 57.4 Å². The second kappa shape index (κ2) is 7.34. The molecule has 0 aliphatic carbocycles. The van der Waals surface area contributed by atoms with Gasteiger partial charge in [0.05, 0.1) is 11.8 Å². The summed E-state index contributed by atoms with van der Waals surface area (Å²) >= 11 is 0. The van der Waals surface area contributed by atoms with Crippen molar-refractivity contribution in [3.63, 3.8) is 0 Å². The molecule has 0 spiro atoms. The minimum Gasteiger partial charge on any atom is -0.391 e. The van der Waals surface area contributed by atoms with Crippen LogP contribution in [0.3, 0.4) is 0 Å². The van der Waals surface area contributed by atoms with Gasteiger partial charge in [-0.3, -0.25) is 9.59 Å². The first-order chi connectivity index (χ1) is 11.5. The zero-order valence-corrected chi connectivity index (χ0v) is 14.1. The largest absolute Gasteiger partial charge is 0.391 e. The Morgan fingerprint density at radius 2 is 2.29 bits per heavy atom. The summed E-state index contributed by atoms with van der Waals surface area (Å²) in [5.41, 5.74) is 0.821. The molecule has 0 saturated carbocycles. The van der Waals surface area contributed by atoms with E-state index in [4.69, 9.17) is 4.52 Å². The first kappa shape index (κ1) is 17.0. The lowest BCUT2D eigenvalue weighted by Crippen LogP contribution is -2.31. The lowest BCUT2D eigenvalue weighted by Gasteiger charge is -2.18. The molecule has 0 radical (unpaired) electrons. The summed E-state index contributed by atoms with van der Waals surface area (Å²) < 4.78 is 5.20. The summed E-state index contributed by atoms with van der Waals surface area (Å²) in [7, 11) is 0. The number of aromatic nitrogens is 1. The highest BCUT2D eigenvalue weighted by molar-refractivity contribution is 5.78. The van der Waals surface area contributed by atoms with Gasteiger partial charge in [-0.25, -0.2) is 0 Å². The molecule has 2 aliphatic rings. The number of rotatable bonds is 6. The maximum absolute atomic E-state index is 12.3. The third-order valence-corrected chi connectivity index (χ3v) is 4.89. The number of hydrogen-bond donors (Lipinski definition) is 1. The van der Waals surface area contributed by atoms with Gasteiger partial charge in [-0.05, 0) is 19.8 Å². The van der Waals surface area contributed by atoms with Crippen LogP contribution in [0, 0.1) is 12.8 Å². The normalized spacial score (nSPS) is 24.2. The molecule has 0 aromatic carbocycles. The first-order valence-corrected chi connectivity index (χ1v) is 8.68. The average Bonchev–Trinajstić information content (AvgIpc) is 3.23. The molecule has 2 atom stereocenters. The molecule has 2 fully saturated rings. The van der Waals surface area contributed by atoms with Gasteiger partial charge >= 0.3 is 0 Å². The van der Waals surface area contributed by atoms with E-state index < -0.39 is 6.10 Å². The lowest BCUT2D eigenvalue weighted by molar-refractivity contribution is -0.132. The van der Waals surface area contributed by atoms with Gasteiger partial charge in [-0.1, -0.05) is 5.16 Å². The molecule has 2 amide bonds. The highest BCUT2D eigenvalue weighted by Gasteiger charge is 2.34. The number of aliphatic hydroxyl groups is 1. The lowest BCUT2D eigenvalue weighted by atomic mass is 10.0. The molecule has 3 rings (SSSR count). The number of likely N-dealkylation sites (tertiary alicyclic amines) is 2. The van der Waals surface area contributed by atoms with Crippen molar-refractivity contribution in [3.05, 3.63) is 17.5 Å². The monoisotopic (exact) mass is 335 g/mol. The molecule has 1 aromatic rings. The smallest absolute Gasteiger partial charge is 0.222 e. The van der Waals surface area contributed by atoms with Gasteiger partial charge in [-0.15, -0.1) is 0 Å². The van der Waals surface area contributed by atoms with E-state index in [1.165, 1.54) is 0 Å². The van der Waals surface area contributed by atoms with Crippen molar-refractivity contribution < 1.29 is 19.2 Å². The Morgan fingerprint density at radius 1 is 1.46 bits per heavy atom. The molecule has 132 valence electrons. The molecule has 2 saturated heterocycles. The van der Waals surface area contributed by atoms with Gasteiger partial charge in [0.1, 0.15) is 5.76 Å².